The quantitative estimate of drug-likeness (QED) is 0.696. The summed E-state index contributed by atoms with van der Waals surface area (Å²) < 4.78 is 0. The summed E-state index contributed by atoms with van der Waals surface area (Å²) in [7, 11) is 0. The second kappa shape index (κ2) is 8.55. The summed E-state index contributed by atoms with van der Waals surface area (Å²) in [4.78, 5) is 2.50. The van der Waals surface area contributed by atoms with Crippen LogP contribution in [-0.2, 0) is 0 Å². The summed E-state index contributed by atoms with van der Waals surface area (Å²) in [6.07, 6.45) is 3.15. The molecule has 2 N–H and O–H groups in total. The molecule has 0 fully saturated rings. The van der Waals surface area contributed by atoms with Gasteiger partial charge in [0.25, 0.3) is 0 Å². The maximum Gasteiger partial charge on any atom is 0.102 e. The maximum atomic E-state index is 9.07. The fraction of sp³-hybridized carbons (Fsp3) is 0.938. The van der Waals surface area contributed by atoms with Gasteiger partial charge in [-0.15, -0.1) is 0 Å². The average molecular weight is 267 g/mol. The van der Waals surface area contributed by atoms with Crippen LogP contribution in [0, 0.1) is 23.2 Å². The summed E-state index contributed by atoms with van der Waals surface area (Å²) in [5.41, 5.74) is 5.26. The zero-order valence-corrected chi connectivity index (χ0v) is 13.7. The summed E-state index contributed by atoms with van der Waals surface area (Å²) in [5, 5.41) is 9.07. The first kappa shape index (κ1) is 18.4. The van der Waals surface area contributed by atoms with Crippen LogP contribution in [0.4, 0.5) is 0 Å². The van der Waals surface area contributed by atoms with E-state index in [0.29, 0.717) is 17.9 Å². The molecule has 3 heteroatoms. The Morgan fingerprint density at radius 1 is 1.05 bits per heavy atom. The monoisotopic (exact) mass is 267 g/mol. The Balaban J connectivity index is 4.48. The molecular weight excluding hydrogens is 234 g/mol. The van der Waals surface area contributed by atoms with E-state index >= 15 is 0 Å². The largest absolute Gasteiger partial charge is 0.314 e. The lowest BCUT2D eigenvalue weighted by Gasteiger charge is -2.33. The minimum Gasteiger partial charge on any atom is -0.314 e. The van der Waals surface area contributed by atoms with Gasteiger partial charge in [0.05, 0.1) is 6.07 Å². The van der Waals surface area contributed by atoms with Gasteiger partial charge in [0.2, 0.25) is 0 Å². The van der Waals surface area contributed by atoms with E-state index in [9.17, 15) is 0 Å². The molecule has 0 aliphatic carbocycles. The third-order valence-electron chi connectivity index (χ3n) is 3.59. The topological polar surface area (TPSA) is 53.0 Å². The minimum absolute atomic E-state index is 0.368. The molecule has 0 rings (SSSR count). The summed E-state index contributed by atoms with van der Waals surface area (Å²) in [6, 6.07) is 2.58. The molecule has 0 amide bonds. The molecular formula is C16H33N3. The van der Waals surface area contributed by atoms with Crippen molar-refractivity contribution < 1.29 is 0 Å². The maximum absolute atomic E-state index is 9.07. The highest BCUT2D eigenvalue weighted by molar-refractivity contribution is 5.02. The van der Waals surface area contributed by atoms with Crippen LogP contribution in [0.25, 0.3) is 0 Å². The molecule has 0 saturated carbocycles. The van der Waals surface area contributed by atoms with E-state index in [1.807, 2.05) is 6.92 Å². The van der Waals surface area contributed by atoms with Crippen molar-refractivity contribution in [2.24, 2.45) is 17.6 Å². The van der Waals surface area contributed by atoms with Gasteiger partial charge < -0.3 is 10.6 Å². The highest BCUT2D eigenvalue weighted by Crippen LogP contribution is 2.16. The fourth-order valence-corrected chi connectivity index (χ4v) is 2.19. The Morgan fingerprint density at radius 3 is 1.79 bits per heavy atom. The van der Waals surface area contributed by atoms with Gasteiger partial charge >= 0.3 is 0 Å². The van der Waals surface area contributed by atoms with Gasteiger partial charge in [-0.2, -0.15) is 5.26 Å². The van der Waals surface area contributed by atoms with Gasteiger partial charge in [0.1, 0.15) is 5.54 Å². The third kappa shape index (κ3) is 9.02. The van der Waals surface area contributed by atoms with Gasteiger partial charge in [0, 0.05) is 6.04 Å². The Bertz CT molecular complexity index is 264. The third-order valence-corrected chi connectivity index (χ3v) is 3.59. The van der Waals surface area contributed by atoms with Crippen molar-refractivity contribution in [2.45, 2.75) is 72.4 Å². The Hall–Kier alpha value is -0.590. The summed E-state index contributed by atoms with van der Waals surface area (Å²) in [6.45, 7) is 15.3. The van der Waals surface area contributed by atoms with E-state index in [1.165, 1.54) is 12.8 Å². The van der Waals surface area contributed by atoms with Crippen LogP contribution in [0.15, 0.2) is 0 Å². The molecule has 0 aromatic carbocycles. The van der Waals surface area contributed by atoms with Crippen molar-refractivity contribution in [2.75, 3.05) is 13.1 Å². The van der Waals surface area contributed by atoms with Crippen LogP contribution in [0.2, 0.25) is 0 Å². The van der Waals surface area contributed by atoms with Crippen molar-refractivity contribution in [3.05, 3.63) is 0 Å². The van der Waals surface area contributed by atoms with Gasteiger partial charge in [-0.05, 0) is 58.0 Å². The molecule has 0 spiro atoms. The predicted octanol–water partition coefficient (Wildman–Crippen LogP) is 3.40. The van der Waals surface area contributed by atoms with Gasteiger partial charge in [-0.3, -0.25) is 0 Å². The molecule has 3 nitrogen and oxygen atoms in total. The summed E-state index contributed by atoms with van der Waals surface area (Å²) >= 11 is 0. The zero-order valence-electron chi connectivity index (χ0n) is 13.7. The van der Waals surface area contributed by atoms with E-state index < -0.39 is 5.54 Å². The van der Waals surface area contributed by atoms with Crippen LogP contribution in [0.1, 0.15) is 60.8 Å². The summed E-state index contributed by atoms with van der Waals surface area (Å²) in [5.74, 6) is 1.43. The molecule has 19 heavy (non-hydrogen) atoms. The second-order valence-corrected chi connectivity index (χ2v) is 6.98. The van der Waals surface area contributed by atoms with E-state index in [0.717, 1.165) is 19.5 Å². The van der Waals surface area contributed by atoms with Crippen LogP contribution in [0.5, 0.6) is 0 Å². The molecule has 0 aliphatic heterocycles. The first-order valence-corrected chi connectivity index (χ1v) is 7.62. The average Bonchev–Trinajstić information content (AvgIpc) is 2.27. The van der Waals surface area contributed by atoms with Crippen molar-refractivity contribution in [3.63, 3.8) is 0 Å². The van der Waals surface area contributed by atoms with Crippen LogP contribution >= 0.6 is 0 Å². The Morgan fingerprint density at radius 2 is 1.47 bits per heavy atom. The zero-order chi connectivity index (χ0) is 15.1. The Labute approximate surface area is 120 Å². The number of rotatable bonds is 9. The van der Waals surface area contributed by atoms with Gasteiger partial charge in [0.15, 0.2) is 0 Å². The molecule has 0 heterocycles. The number of nitriles is 1. The minimum atomic E-state index is -0.715. The van der Waals surface area contributed by atoms with Crippen LogP contribution < -0.4 is 5.73 Å². The SMILES string of the molecule is CC(C)CCN(CCC(C)C)C(C)CC(C)(N)C#N. The molecule has 0 aromatic heterocycles. The fourth-order valence-electron chi connectivity index (χ4n) is 2.19. The van der Waals surface area contributed by atoms with Crippen LogP contribution in [0.3, 0.4) is 0 Å². The first-order chi connectivity index (χ1) is 8.68. The highest BCUT2D eigenvalue weighted by atomic mass is 15.1. The highest BCUT2D eigenvalue weighted by Gasteiger charge is 2.24. The number of nitrogens with two attached hydrogens (primary N) is 1. The molecule has 0 radical (unpaired) electrons. The number of hydrogen-bond donors (Lipinski definition) is 1. The number of hydrogen-bond acceptors (Lipinski definition) is 3. The lowest BCUT2D eigenvalue weighted by Crippen LogP contribution is -2.44. The lowest BCUT2D eigenvalue weighted by atomic mass is 9.95. The number of nitrogens with zero attached hydrogens (tertiary/aromatic N) is 2. The van der Waals surface area contributed by atoms with Crippen molar-refractivity contribution >= 4 is 0 Å². The predicted molar refractivity (Wildman–Crippen MR) is 82.8 cm³/mol. The standard InChI is InChI=1S/C16H33N3/c1-13(2)7-9-19(10-8-14(3)4)15(5)11-16(6,18)12-17/h13-15H,7-11,18H2,1-6H3. The lowest BCUT2D eigenvalue weighted by molar-refractivity contribution is 0.167. The van der Waals surface area contributed by atoms with E-state index in [2.05, 4.69) is 45.6 Å². The molecule has 2 atom stereocenters. The Kier molecular flexibility index (Phi) is 8.29. The van der Waals surface area contributed by atoms with Crippen molar-refractivity contribution in [1.82, 2.24) is 4.90 Å². The van der Waals surface area contributed by atoms with Crippen molar-refractivity contribution in [3.8, 4) is 6.07 Å². The van der Waals surface area contributed by atoms with Crippen LogP contribution in [-0.4, -0.2) is 29.6 Å². The molecule has 2 unspecified atom stereocenters. The van der Waals surface area contributed by atoms with E-state index in [-0.39, 0.29) is 0 Å². The van der Waals surface area contributed by atoms with Crippen molar-refractivity contribution in [1.29, 1.82) is 5.26 Å². The molecule has 0 saturated heterocycles. The first-order valence-electron chi connectivity index (χ1n) is 7.62. The normalized spacial score (nSPS) is 16.7. The molecule has 112 valence electrons. The second-order valence-electron chi connectivity index (χ2n) is 6.98. The molecule has 0 bridgehead atoms. The molecule has 0 aromatic rings. The van der Waals surface area contributed by atoms with E-state index in [4.69, 9.17) is 11.0 Å². The van der Waals surface area contributed by atoms with Gasteiger partial charge in [-0.1, -0.05) is 27.7 Å². The smallest absolute Gasteiger partial charge is 0.102 e. The van der Waals surface area contributed by atoms with E-state index in [1.54, 1.807) is 0 Å². The van der Waals surface area contributed by atoms with Gasteiger partial charge in [-0.25, -0.2) is 0 Å². The molecule has 0 aliphatic rings.